The van der Waals surface area contributed by atoms with Gasteiger partial charge in [-0.1, -0.05) is 92.8 Å². The first kappa shape index (κ1) is 21.5. The summed E-state index contributed by atoms with van der Waals surface area (Å²) in [6, 6.07) is 10.6. The molecule has 0 nitrogen and oxygen atoms in total. The van der Waals surface area contributed by atoms with Crippen molar-refractivity contribution in [1.82, 2.24) is 0 Å². The standard InChI is InChI=1S/C25H38/c1-2-3-4-5-6-7-8-9-10-11-12-13-14-15-16-17-19-22-25-23-20-18-21-24-25/h2,9-10,18-24H,1,3-8,11-17H2. The van der Waals surface area contributed by atoms with E-state index in [9.17, 15) is 0 Å². The monoisotopic (exact) mass is 338 g/mol. The van der Waals surface area contributed by atoms with Gasteiger partial charge in [0.2, 0.25) is 0 Å². The van der Waals surface area contributed by atoms with Gasteiger partial charge in [-0.05, 0) is 56.9 Å². The van der Waals surface area contributed by atoms with Crippen LogP contribution in [0.1, 0.15) is 89.0 Å². The third kappa shape index (κ3) is 14.5. The van der Waals surface area contributed by atoms with Gasteiger partial charge in [-0.25, -0.2) is 0 Å². The van der Waals surface area contributed by atoms with E-state index in [4.69, 9.17) is 0 Å². The topological polar surface area (TPSA) is 0 Å². The van der Waals surface area contributed by atoms with Crippen molar-refractivity contribution in [2.75, 3.05) is 0 Å². The van der Waals surface area contributed by atoms with Gasteiger partial charge >= 0.3 is 0 Å². The molecule has 0 aromatic heterocycles. The molecule has 0 spiro atoms. The summed E-state index contributed by atoms with van der Waals surface area (Å²) in [5.74, 6) is 0. The molecule has 0 saturated carbocycles. The van der Waals surface area contributed by atoms with Crippen molar-refractivity contribution in [2.45, 2.75) is 83.5 Å². The van der Waals surface area contributed by atoms with Gasteiger partial charge in [-0.15, -0.1) is 6.58 Å². The third-order valence-corrected chi connectivity index (χ3v) is 4.55. The number of hydrogen-bond acceptors (Lipinski definition) is 0. The average molecular weight is 339 g/mol. The molecule has 0 fully saturated rings. The highest BCUT2D eigenvalue weighted by atomic mass is 14.0. The molecule has 0 unspecified atom stereocenters. The normalized spacial score (nSPS) is 11.5. The highest BCUT2D eigenvalue weighted by molar-refractivity contribution is 5.48. The van der Waals surface area contributed by atoms with Crippen molar-refractivity contribution in [3.05, 3.63) is 66.8 Å². The fraction of sp³-hybridized carbons (Fsp3) is 0.520. The van der Waals surface area contributed by atoms with Crippen LogP contribution >= 0.6 is 0 Å². The summed E-state index contributed by atoms with van der Waals surface area (Å²) in [5, 5.41) is 0. The minimum Gasteiger partial charge on any atom is -0.103 e. The van der Waals surface area contributed by atoms with Gasteiger partial charge in [0.25, 0.3) is 0 Å². The predicted molar refractivity (Wildman–Crippen MR) is 115 cm³/mol. The van der Waals surface area contributed by atoms with Gasteiger partial charge in [0.1, 0.15) is 0 Å². The highest BCUT2D eigenvalue weighted by Crippen LogP contribution is 2.10. The maximum atomic E-state index is 3.77. The Bertz CT molecular complexity index is 452. The number of unbranched alkanes of at least 4 members (excludes halogenated alkanes) is 11. The van der Waals surface area contributed by atoms with Crippen LogP contribution in [0.15, 0.2) is 61.2 Å². The van der Waals surface area contributed by atoms with Crippen LogP contribution in [0.4, 0.5) is 0 Å². The molecule has 0 radical (unpaired) electrons. The molecule has 0 heteroatoms. The molecule has 0 N–H and O–H groups in total. The SMILES string of the molecule is C=CCCCCCCC=CCCCCCCCC=Cc1ccccc1. The van der Waals surface area contributed by atoms with Crippen molar-refractivity contribution in [3.8, 4) is 0 Å². The molecule has 0 saturated heterocycles. The predicted octanol–water partition coefficient (Wildman–Crippen LogP) is 8.51. The summed E-state index contributed by atoms with van der Waals surface area (Å²) in [7, 11) is 0. The lowest BCUT2D eigenvalue weighted by Crippen LogP contribution is -1.79. The quantitative estimate of drug-likeness (QED) is 0.209. The molecule has 0 heterocycles. The van der Waals surface area contributed by atoms with E-state index < -0.39 is 0 Å². The van der Waals surface area contributed by atoms with Gasteiger partial charge in [0, 0.05) is 0 Å². The zero-order valence-electron chi connectivity index (χ0n) is 16.2. The Labute approximate surface area is 156 Å². The Balaban J connectivity index is 1.80. The molecule has 0 bridgehead atoms. The minimum absolute atomic E-state index is 1.18. The van der Waals surface area contributed by atoms with Crippen molar-refractivity contribution < 1.29 is 0 Å². The van der Waals surface area contributed by atoms with Crippen LogP contribution in [-0.2, 0) is 0 Å². The molecule has 1 aromatic rings. The summed E-state index contributed by atoms with van der Waals surface area (Å²) in [6.45, 7) is 3.77. The lowest BCUT2D eigenvalue weighted by molar-refractivity contribution is 0.621. The van der Waals surface area contributed by atoms with E-state index in [2.05, 4.69) is 61.2 Å². The Morgan fingerprint density at radius 3 is 1.60 bits per heavy atom. The maximum Gasteiger partial charge on any atom is -0.0260 e. The largest absolute Gasteiger partial charge is 0.103 e. The Morgan fingerprint density at radius 1 is 0.560 bits per heavy atom. The van der Waals surface area contributed by atoms with Crippen molar-refractivity contribution in [2.24, 2.45) is 0 Å². The van der Waals surface area contributed by atoms with E-state index in [0.29, 0.717) is 0 Å². The van der Waals surface area contributed by atoms with Crippen LogP contribution in [0.3, 0.4) is 0 Å². The number of benzene rings is 1. The van der Waals surface area contributed by atoms with Crippen molar-refractivity contribution in [1.29, 1.82) is 0 Å². The Kier molecular flexibility index (Phi) is 14.8. The number of allylic oxidation sites excluding steroid dienone is 4. The van der Waals surface area contributed by atoms with E-state index in [0.717, 1.165) is 0 Å². The summed E-state index contributed by atoms with van der Waals surface area (Å²) in [5.41, 5.74) is 1.31. The molecule has 25 heavy (non-hydrogen) atoms. The van der Waals surface area contributed by atoms with Gasteiger partial charge in [0.05, 0.1) is 0 Å². The molecule has 0 aliphatic carbocycles. The molecule has 0 atom stereocenters. The van der Waals surface area contributed by atoms with Crippen molar-refractivity contribution >= 4 is 6.08 Å². The van der Waals surface area contributed by atoms with E-state index in [1.165, 1.54) is 89.0 Å². The fourth-order valence-electron chi connectivity index (χ4n) is 2.98. The summed E-state index contributed by atoms with van der Waals surface area (Å²) >= 11 is 0. The van der Waals surface area contributed by atoms with E-state index >= 15 is 0 Å². The lowest BCUT2D eigenvalue weighted by Gasteiger charge is -1.99. The zero-order chi connectivity index (χ0) is 17.8. The van der Waals surface area contributed by atoms with Crippen LogP contribution < -0.4 is 0 Å². The molecule has 0 aliphatic heterocycles. The van der Waals surface area contributed by atoms with Crippen LogP contribution in [0.2, 0.25) is 0 Å². The second-order valence-electron chi connectivity index (χ2n) is 6.91. The second-order valence-corrected chi connectivity index (χ2v) is 6.91. The Hall–Kier alpha value is -1.56. The second kappa shape index (κ2) is 17.3. The minimum atomic E-state index is 1.18. The van der Waals surface area contributed by atoms with Crippen LogP contribution in [-0.4, -0.2) is 0 Å². The summed E-state index contributed by atoms with van der Waals surface area (Å²) in [4.78, 5) is 0. The van der Waals surface area contributed by atoms with E-state index in [1.807, 2.05) is 6.08 Å². The van der Waals surface area contributed by atoms with Gasteiger partial charge in [0.15, 0.2) is 0 Å². The first-order chi connectivity index (χ1) is 12.4. The average Bonchev–Trinajstić information content (AvgIpc) is 2.65. The third-order valence-electron chi connectivity index (χ3n) is 4.55. The molecule has 1 rings (SSSR count). The zero-order valence-corrected chi connectivity index (χ0v) is 16.2. The lowest BCUT2D eigenvalue weighted by atomic mass is 10.1. The van der Waals surface area contributed by atoms with E-state index in [1.54, 1.807) is 0 Å². The molecular weight excluding hydrogens is 300 g/mol. The van der Waals surface area contributed by atoms with Gasteiger partial charge < -0.3 is 0 Å². The first-order valence-corrected chi connectivity index (χ1v) is 10.4. The van der Waals surface area contributed by atoms with Gasteiger partial charge in [-0.3, -0.25) is 0 Å². The molecular formula is C25H38. The maximum absolute atomic E-state index is 3.77. The highest BCUT2D eigenvalue weighted by Gasteiger charge is 1.90. The van der Waals surface area contributed by atoms with Crippen LogP contribution in [0, 0.1) is 0 Å². The fourth-order valence-corrected chi connectivity index (χ4v) is 2.98. The van der Waals surface area contributed by atoms with Crippen LogP contribution in [0.5, 0.6) is 0 Å². The molecule has 0 aliphatic rings. The Morgan fingerprint density at radius 2 is 1.04 bits per heavy atom. The van der Waals surface area contributed by atoms with E-state index in [-0.39, 0.29) is 0 Å². The first-order valence-electron chi connectivity index (χ1n) is 10.4. The summed E-state index contributed by atoms with van der Waals surface area (Å²) in [6.07, 6.45) is 28.5. The molecule has 138 valence electrons. The van der Waals surface area contributed by atoms with Gasteiger partial charge in [-0.2, -0.15) is 0 Å². The summed E-state index contributed by atoms with van der Waals surface area (Å²) < 4.78 is 0. The number of rotatable bonds is 16. The molecule has 0 amide bonds. The number of hydrogen-bond donors (Lipinski definition) is 0. The smallest absolute Gasteiger partial charge is 0.0260 e. The molecule has 1 aromatic carbocycles. The van der Waals surface area contributed by atoms with Crippen molar-refractivity contribution in [3.63, 3.8) is 0 Å². The van der Waals surface area contributed by atoms with Crippen LogP contribution in [0.25, 0.3) is 6.08 Å².